The fourth-order valence-electron chi connectivity index (χ4n) is 1.50. The van der Waals surface area contributed by atoms with Crippen LogP contribution >= 0.6 is 12.4 Å². The highest BCUT2D eigenvalue weighted by Gasteiger charge is 2.22. The average molecular weight is 297 g/mol. The SMILES string of the molecule is Cl.NCCCC[C@H](N)C(=O)N[C@@H](CCCN)C(=O)O. The van der Waals surface area contributed by atoms with Crippen LogP contribution in [0.5, 0.6) is 0 Å². The summed E-state index contributed by atoms with van der Waals surface area (Å²) in [6.45, 7) is 0.949. The van der Waals surface area contributed by atoms with Crippen LogP contribution in [0.25, 0.3) is 0 Å². The van der Waals surface area contributed by atoms with E-state index < -0.39 is 24.0 Å². The van der Waals surface area contributed by atoms with E-state index in [1.807, 2.05) is 0 Å². The summed E-state index contributed by atoms with van der Waals surface area (Å²) in [6, 6.07) is -1.60. The van der Waals surface area contributed by atoms with E-state index in [9.17, 15) is 9.59 Å². The van der Waals surface area contributed by atoms with Crippen molar-refractivity contribution in [1.29, 1.82) is 0 Å². The molecule has 0 aliphatic heterocycles. The van der Waals surface area contributed by atoms with E-state index in [-0.39, 0.29) is 12.4 Å². The Morgan fingerprint density at radius 3 is 2.11 bits per heavy atom. The van der Waals surface area contributed by atoms with Gasteiger partial charge >= 0.3 is 5.97 Å². The number of nitrogens with one attached hydrogen (secondary N) is 1. The summed E-state index contributed by atoms with van der Waals surface area (Å²) in [4.78, 5) is 22.6. The molecule has 1 amide bonds. The Labute approximate surface area is 119 Å². The average Bonchev–Trinajstić information content (AvgIpc) is 2.33. The van der Waals surface area contributed by atoms with Crippen molar-refractivity contribution in [3.05, 3.63) is 0 Å². The first-order valence-corrected chi connectivity index (χ1v) is 6.21. The first kappa shape index (κ1) is 20.4. The van der Waals surface area contributed by atoms with Gasteiger partial charge in [-0.05, 0) is 38.8 Å². The lowest BCUT2D eigenvalue weighted by molar-refractivity contribution is -0.142. The summed E-state index contributed by atoms with van der Waals surface area (Å²) in [7, 11) is 0. The van der Waals surface area contributed by atoms with Crippen LogP contribution in [-0.2, 0) is 9.59 Å². The van der Waals surface area contributed by atoms with Gasteiger partial charge in [0.1, 0.15) is 6.04 Å². The number of unbranched alkanes of at least 4 members (excludes halogenated alkanes) is 1. The summed E-state index contributed by atoms with van der Waals surface area (Å²) in [5.41, 5.74) is 16.3. The van der Waals surface area contributed by atoms with Gasteiger partial charge in [0, 0.05) is 0 Å². The highest BCUT2D eigenvalue weighted by atomic mass is 35.5. The molecule has 0 unspecified atom stereocenters. The number of hydrogen-bond acceptors (Lipinski definition) is 5. The lowest BCUT2D eigenvalue weighted by Gasteiger charge is -2.17. The van der Waals surface area contributed by atoms with Crippen LogP contribution in [0.1, 0.15) is 32.1 Å². The third-order valence-electron chi connectivity index (χ3n) is 2.62. The molecule has 0 saturated heterocycles. The minimum Gasteiger partial charge on any atom is -0.480 e. The molecule has 0 aromatic rings. The van der Waals surface area contributed by atoms with Crippen molar-refractivity contribution in [3.63, 3.8) is 0 Å². The zero-order valence-corrected chi connectivity index (χ0v) is 11.8. The fourth-order valence-corrected chi connectivity index (χ4v) is 1.50. The predicted molar refractivity (Wildman–Crippen MR) is 76.0 cm³/mol. The molecule has 8 heteroatoms. The van der Waals surface area contributed by atoms with Gasteiger partial charge in [-0.2, -0.15) is 0 Å². The molecular weight excluding hydrogens is 272 g/mol. The van der Waals surface area contributed by atoms with Crippen LogP contribution in [-0.4, -0.2) is 42.2 Å². The lowest BCUT2D eigenvalue weighted by atomic mass is 10.1. The van der Waals surface area contributed by atoms with E-state index >= 15 is 0 Å². The Balaban J connectivity index is 0. The summed E-state index contributed by atoms with van der Waals surface area (Å²) >= 11 is 0. The lowest BCUT2D eigenvalue weighted by Crippen LogP contribution is -2.48. The molecule has 0 heterocycles. The van der Waals surface area contributed by atoms with Crippen LogP contribution in [0.2, 0.25) is 0 Å². The van der Waals surface area contributed by atoms with Gasteiger partial charge in [0.15, 0.2) is 0 Å². The molecule has 0 spiro atoms. The normalized spacial score (nSPS) is 13.2. The third kappa shape index (κ3) is 9.66. The molecule has 0 saturated carbocycles. The molecular formula is C11H25ClN4O3. The zero-order valence-electron chi connectivity index (χ0n) is 11.0. The second kappa shape index (κ2) is 12.2. The molecule has 0 aliphatic carbocycles. The summed E-state index contributed by atoms with van der Waals surface area (Å²) < 4.78 is 0. The molecule has 0 aromatic heterocycles. The van der Waals surface area contributed by atoms with Crippen molar-refractivity contribution in [2.24, 2.45) is 17.2 Å². The number of hydrogen-bond donors (Lipinski definition) is 5. The number of aliphatic carboxylic acids is 1. The highest BCUT2D eigenvalue weighted by molar-refractivity contribution is 5.86. The van der Waals surface area contributed by atoms with Gasteiger partial charge in [-0.3, -0.25) is 4.79 Å². The van der Waals surface area contributed by atoms with Crippen molar-refractivity contribution in [2.45, 2.75) is 44.2 Å². The number of carboxylic acid groups (broad SMARTS) is 1. The largest absolute Gasteiger partial charge is 0.480 e. The Kier molecular flexibility index (Phi) is 13.1. The monoisotopic (exact) mass is 296 g/mol. The molecule has 0 bridgehead atoms. The van der Waals surface area contributed by atoms with Gasteiger partial charge in [0.25, 0.3) is 0 Å². The van der Waals surface area contributed by atoms with Crippen LogP contribution < -0.4 is 22.5 Å². The smallest absolute Gasteiger partial charge is 0.326 e. The molecule has 0 rings (SSSR count). The fraction of sp³-hybridized carbons (Fsp3) is 0.818. The molecule has 7 nitrogen and oxygen atoms in total. The van der Waals surface area contributed by atoms with Crippen LogP contribution in [0.3, 0.4) is 0 Å². The Hall–Kier alpha value is -0.890. The van der Waals surface area contributed by atoms with Gasteiger partial charge in [-0.25, -0.2) is 4.79 Å². The second-order valence-corrected chi connectivity index (χ2v) is 4.22. The number of rotatable bonds is 10. The number of halogens is 1. The van der Waals surface area contributed by atoms with Crippen molar-refractivity contribution in [1.82, 2.24) is 5.32 Å². The van der Waals surface area contributed by atoms with E-state index in [0.29, 0.717) is 32.4 Å². The van der Waals surface area contributed by atoms with Crippen molar-refractivity contribution < 1.29 is 14.7 Å². The van der Waals surface area contributed by atoms with E-state index in [2.05, 4.69) is 5.32 Å². The van der Waals surface area contributed by atoms with Gasteiger partial charge in [-0.15, -0.1) is 12.4 Å². The van der Waals surface area contributed by atoms with Crippen molar-refractivity contribution in [3.8, 4) is 0 Å². The van der Waals surface area contributed by atoms with Crippen molar-refractivity contribution >= 4 is 24.3 Å². The number of carbonyl (C=O) groups is 2. The van der Waals surface area contributed by atoms with Gasteiger partial charge in [-0.1, -0.05) is 6.42 Å². The molecule has 114 valence electrons. The predicted octanol–water partition coefficient (Wildman–Crippen LogP) is -0.827. The number of carbonyl (C=O) groups excluding carboxylic acids is 1. The van der Waals surface area contributed by atoms with E-state index in [1.54, 1.807) is 0 Å². The minimum absolute atomic E-state index is 0. The Bertz CT molecular complexity index is 266. The molecule has 0 radical (unpaired) electrons. The molecule has 0 aliphatic rings. The maximum atomic E-state index is 11.7. The molecule has 2 atom stereocenters. The number of carboxylic acids is 1. The Morgan fingerprint density at radius 2 is 1.63 bits per heavy atom. The maximum absolute atomic E-state index is 11.7. The standard InChI is InChI=1S/C11H24N4O3.ClH/c12-6-2-1-4-8(14)10(16)15-9(11(17)18)5-3-7-13;/h8-9H,1-7,12-14H2,(H,15,16)(H,17,18);1H/t8-,9-;/m0./s1. The van der Waals surface area contributed by atoms with Gasteiger partial charge in [0.2, 0.25) is 5.91 Å². The number of amides is 1. The third-order valence-corrected chi connectivity index (χ3v) is 2.62. The van der Waals surface area contributed by atoms with Crippen LogP contribution in [0.15, 0.2) is 0 Å². The van der Waals surface area contributed by atoms with Gasteiger partial charge < -0.3 is 27.6 Å². The quantitative estimate of drug-likeness (QED) is 0.333. The topological polar surface area (TPSA) is 144 Å². The first-order chi connectivity index (χ1) is 8.52. The van der Waals surface area contributed by atoms with Crippen LogP contribution in [0, 0.1) is 0 Å². The summed E-state index contributed by atoms with van der Waals surface area (Å²) in [5.74, 6) is -1.50. The first-order valence-electron chi connectivity index (χ1n) is 6.21. The maximum Gasteiger partial charge on any atom is 0.326 e. The second-order valence-electron chi connectivity index (χ2n) is 4.22. The van der Waals surface area contributed by atoms with E-state index in [4.69, 9.17) is 22.3 Å². The van der Waals surface area contributed by atoms with Gasteiger partial charge in [0.05, 0.1) is 6.04 Å². The molecule has 0 fully saturated rings. The minimum atomic E-state index is -1.06. The van der Waals surface area contributed by atoms with Crippen LogP contribution in [0.4, 0.5) is 0 Å². The number of nitrogens with two attached hydrogens (primary N) is 3. The highest BCUT2D eigenvalue weighted by Crippen LogP contribution is 2.01. The Morgan fingerprint density at radius 1 is 1.05 bits per heavy atom. The zero-order chi connectivity index (χ0) is 14.0. The van der Waals surface area contributed by atoms with Crippen molar-refractivity contribution in [2.75, 3.05) is 13.1 Å². The summed E-state index contributed by atoms with van der Waals surface area (Å²) in [6.07, 6.45) is 2.92. The molecule has 8 N–H and O–H groups in total. The summed E-state index contributed by atoms with van der Waals surface area (Å²) in [5, 5.41) is 11.4. The van der Waals surface area contributed by atoms with E-state index in [0.717, 1.165) is 12.8 Å². The van der Waals surface area contributed by atoms with E-state index in [1.165, 1.54) is 0 Å². The molecule has 19 heavy (non-hydrogen) atoms. The molecule has 0 aromatic carbocycles.